The summed E-state index contributed by atoms with van der Waals surface area (Å²) in [6, 6.07) is 4.37. The second-order valence-electron chi connectivity index (χ2n) is 5.50. The lowest BCUT2D eigenvalue weighted by atomic mass is 9.92. The highest BCUT2D eigenvalue weighted by Crippen LogP contribution is 2.44. The van der Waals surface area contributed by atoms with Crippen molar-refractivity contribution in [2.24, 2.45) is 0 Å². The third kappa shape index (κ3) is 3.28. The first-order valence-electron chi connectivity index (χ1n) is 7.40. The van der Waals surface area contributed by atoms with E-state index < -0.39 is 23.1 Å². The fourth-order valence-corrected chi connectivity index (χ4v) is 2.94. The number of carbonyl (C=O) groups excluding carboxylic acids is 1. The topological polar surface area (TPSA) is 95.2 Å². The van der Waals surface area contributed by atoms with E-state index in [9.17, 15) is 14.7 Å². The normalized spacial score (nSPS) is 13.6. The van der Waals surface area contributed by atoms with Crippen LogP contribution in [0.5, 0.6) is 17.2 Å². The molecule has 0 radical (unpaired) electrons. The maximum absolute atomic E-state index is 11.9. The summed E-state index contributed by atoms with van der Waals surface area (Å²) in [4.78, 5) is 23.8. The Morgan fingerprint density at radius 3 is 2.84 bits per heavy atom. The van der Waals surface area contributed by atoms with Crippen LogP contribution >= 0.6 is 11.6 Å². The highest BCUT2D eigenvalue weighted by molar-refractivity contribution is 6.32. The smallest absolute Gasteiger partial charge is 0.306 e. The molecule has 1 aromatic heterocycles. The first kappa shape index (κ1) is 17.2. The SMILES string of the molecule is COC(=O)C[C@@H](c1cc(Cl)c2c(c1)OCO2)c1oc(C)cc(=O)c1O. The zero-order chi connectivity index (χ0) is 18.1. The second kappa shape index (κ2) is 6.68. The summed E-state index contributed by atoms with van der Waals surface area (Å²) in [5.74, 6) is -0.809. The Morgan fingerprint density at radius 2 is 2.12 bits per heavy atom. The monoisotopic (exact) mass is 366 g/mol. The molecule has 1 N–H and O–H groups in total. The van der Waals surface area contributed by atoms with Gasteiger partial charge in [-0.15, -0.1) is 0 Å². The Hall–Kier alpha value is -2.67. The Labute approximate surface area is 147 Å². The van der Waals surface area contributed by atoms with Gasteiger partial charge in [-0.1, -0.05) is 11.6 Å². The van der Waals surface area contributed by atoms with Crippen LogP contribution < -0.4 is 14.9 Å². The number of benzene rings is 1. The van der Waals surface area contributed by atoms with Gasteiger partial charge in [0.25, 0.3) is 0 Å². The molecule has 132 valence electrons. The van der Waals surface area contributed by atoms with Gasteiger partial charge in [-0.05, 0) is 24.6 Å². The van der Waals surface area contributed by atoms with Crippen LogP contribution in [0, 0.1) is 6.92 Å². The number of methoxy groups -OCH3 is 1. The predicted octanol–water partition coefficient (Wildman–Crippen LogP) is 2.73. The number of halogens is 1. The first-order valence-corrected chi connectivity index (χ1v) is 7.78. The van der Waals surface area contributed by atoms with Crippen molar-refractivity contribution >= 4 is 17.6 Å². The first-order chi connectivity index (χ1) is 11.9. The summed E-state index contributed by atoms with van der Waals surface area (Å²) in [6.07, 6.45) is -0.160. The Bertz CT molecular complexity index is 887. The number of carbonyl (C=O) groups is 1. The van der Waals surface area contributed by atoms with Gasteiger partial charge in [0.15, 0.2) is 17.3 Å². The molecule has 0 bridgehead atoms. The van der Waals surface area contributed by atoms with Crippen LogP contribution in [0.25, 0.3) is 0 Å². The zero-order valence-electron chi connectivity index (χ0n) is 13.5. The van der Waals surface area contributed by atoms with Crippen LogP contribution in [0.3, 0.4) is 0 Å². The number of fused-ring (bicyclic) bond motifs is 1. The van der Waals surface area contributed by atoms with E-state index in [-0.39, 0.29) is 24.0 Å². The molecule has 1 aliphatic rings. The summed E-state index contributed by atoms with van der Waals surface area (Å²) in [5, 5.41) is 10.4. The average molecular weight is 367 g/mol. The summed E-state index contributed by atoms with van der Waals surface area (Å²) in [6.45, 7) is 1.61. The Morgan fingerprint density at radius 1 is 1.36 bits per heavy atom. The molecule has 0 fully saturated rings. The molecule has 7 nitrogen and oxygen atoms in total. The highest BCUT2D eigenvalue weighted by atomic mass is 35.5. The molecule has 0 saturated carbocycles. The number of hydrogen-bond donors (Lipinski definition) is 1. The third-order valence-electron chi connectivity index (χ3n) is 3.84. The van der Waals surface area contributed by atoms with Gasteiger partial charge in [0.05, 0.1) is 24.5 Å². The van der Waals surface area contributed by atoms with Crippen molar-refractivity contribution < 1.29 is 28.5 Å². The maximum Gasteiger partial charge on any atom is 0.306 e. The largest absolute Gasteiger partial charge is 0.502 e. The molecule has 0 amide bonds. The van der Waals surface area contributed by atoms with E-state index in [1.165, 1.54) is 13.2 Å². The van der Waals surface area contributed by atoms with E-state index >= 15 is 0 Å². The predicted molar refractivity (Wildman–Crippen MR) is 87.4 cm³/mol. The summed E-state index contributed by atoms with van der Waals surface area (Å²) >= 11 is 6.20. The third-order valence-corrected chi connectivity index (χ3v) is 4.12. The molecule has 2 heterocycles. The lowest BCUT2D eigenvalue weighted by Gasteiger charge is -2.17. The molecule has 0 unspecified atom stereocenters. The molecule has 1 aliphatic heterocycles. The van der Waals surface area contributed by atoms with E-state index in [4.69, 9.17) is 30.2 Å². The van der Waals surface area contributed by atoms with Crippen LogP contribution in [0.2, 0.25) is 5.02 Å². The van der Waals surface area contributed by atoms with Gasteiger partial charge >= 0.3 is 5.97 Å². The van der Waals surface area contributed by atoms with Gasteiger partial charge in [0, 0.05) is 6.07 Å². The molecule has 0 saturated heterocycles. The van der Waals surface area contributed by atoms with E-state index in [1.807, 2.05) is 0 Å². The van der Waals surface area contributed by atoms with Gasteiger partial charge < -0.3 is 23.7 Å². The molecule has 25 heavy (non-hydrogen) atoms. The number of aryl methyl sites for hydroxylation is 1. The minimum absolute atomic E-state index is 0.0327. The number of hydrogen-bond acceptors (Lipinski definition) is 7. The minimum atomic E-state index is -0.785. The number of esters is 1. The van der Waals surface area contributed by atoms with Crippen molar-refractivity contribution in [3.8, 4) is 17.2 Å². The molecule has 1 aromatic carbocycles. The molecule has 2 aromatic rings. The zero-order valence-corrected chi connectivity index (χ0v) is 14.3. The van der Waals surface area contributed by atoms with Crippen molar-refractivity contribution in [2.75, 3.05) is 13.9 Å². The van der Waals surface area contributed by atoms with Crippen LogP contribution in [-0.2, 0) is 9.53 Å². The van der Waals surface area contributed by atoms with Crippen LogP contribution in [0.15, 0.2) is 27.4 Å². The number of rotatable bonds is 4. The lowest BCUT2D eigenvalue weighted by molar-refractivity contribution is -0.140. The van der Waals surface area contributed by atoms with Gasteiger partial charge in [-0.3, -0.25) is 9.59 Å². The van der Waals surface area contributed by atoms with Gasteiger partial charge in [0.1, 0.15) is 5.76 Å². The van der Waals surface area contributed by atoms with Crippen LogP contribution in [-0.4, -0.2) is 25.0 Å². The molecule has 0 spiro atoms. The van der Waals surface area contributed by atoms with E-state index in [1.54, 1.807) is 19.1 Å². The molecule has 1 atom stereocenters. The van der Waals surface area contributed by atoms with Crippen molar-refractivity contribution in [1.29, 1.82) is 0 Å². The number of ether oxygens (including phenoxy) is 3. The molecule has 8 heteroatoms. The molecular formula is C17H15ClO7. The highest BCUT2D eigenvalue weighted by Gasteiger charge is 2.29. The van der Waals surface area contributed by atoms with Crippen molar-refractivity contribution in [1.82, 2.24) is 0 Å². The fraction of sp³-hybridized carbons (Fsp3) is 0.294. The summed E-state index contributed by atoms with van der Waals surface area (Å²) in [5.41, 5.74) is -0.0795. The van der Waals surface area contributed by atoms with E-state index in [0.29, 0.717) is 22.8 Å². The average Bonchev–Trinajstić information content (AvgIpc) is 3.05. The second-order valence-corrected chi connectivity index (χ2v) is 5.91. The summed E-state index contributed by atoms with van der Waals surface area (Å²) < 4.78 is 20.9. The quantitative estimate of drug-likeness (QED) is 0.831. The number of aromatic hydroxyl groups is 1. The molecule has 3 rings (SSSR count). The van der Waals surface area contributed by atoms with E-state index in [0.717, 1.165) is 0 Å². The van der Waals surface area contributed by atoms with Gasteiger partial charge in [-0.25, -0.2) is 0 Å². The van der Waals surface area contributed by atoms with Gasteiger partial charge in [0.2, 0.25) is 18.0 Å². The fourth-order valence-electron chi connectivity index (χ4n) is 2.66. The molecular weight excluding hydrogens is 352 g/mol. The standard InChI is InChI=1S/C17H15ClO7/c1-8-3-12(19)15(21)16(25-8)10(6-14(20)22-2)9-4-11(18)17-13(5-9)23-7-24-17/h3-5,10,21H,6-7H2,1-2H3/t10-/m0/s1. The van der Waals surface area contributed by atoms with Crippen LogP contribution in [0.4, 0.5) is 0 Å². The molecule has 0 aliphatic carbocycles. The van der Waals surface area contributed by atoms with Crippen molar-refractivity contribution in [3.05, 3.63) is 50.5 Å². The van der Waals surface area contributed by atoms with Gasteiger partial charge in [-0.2, -0.15) is 0 Å². The minimum Gasteiger partial charge on any atom is -0.502 e. The lowest BCUT2D eigenvalue weighted by Crippen LogP contribution is -2.13. The van der Waals surface area contributed by atoms with Crippen molar-refractivity contribution in [3.63, 3.8) is 0 Å². The van der Waals surface area contributed by atoms with E-state index in [2.05, 4.69) is 0 Å². The maximum atomic E-state index is 11.9. The Kier molecular flexibility index (Phi) is 4.59. The van der Waals surface area contributed by atoms with Crippen LogP contribution in [0.1, 0.15) is 29.4 Å². The summed E-state index contributed by atoms with van der Waals surface area (Å²) in [7, 11) is 1.25. The Balaban J connectivity index is 2.15. The van der Waals surface area contributed by atoms with Crippen molar-refractivity contribution in [2.45, 2.75) is 19.3 Å².